The molecule has 0 aliphatic heterocycles. The van der Waals surface area contributed by atoms with Gasteiger partial charge < -0.3 is 9.73 Å². The molecule has 0 unspecified atom stereocenters. The molecule has 0 radical (unpaired) electrons. The van der Waals surface area contributed by atoms with E-state index in [1.165, 1.54) is 6.26 Å². The second-order valence-corrected chi connectivity index (χ2v) is 2.90. The number of aromatic nitrogens is 3. The van der Waals surface area contributed by atoms with E-state index in [0.29, 0.717) is 18.8 Å². The summed E-state index contributed by atoms with van der Waals surface area (Å²) in [6.07, 6.45) is 4.79. The van der Waals surface area contributed by atoms with Crippen LogP contribution in [-0.2, 0) is 6.54 Å². The summed E-state index contributed by atoms with van der Waals surface area (Å²) in [5.41, 5.74) is 0. The molecule has 0 aliphatic rings. The molecule has 0 fully saturated rings. The molecule has 0 aromatic carbocycles. The molecule has 0 saturated carbocycles. The lowest BCUT2D eigenvalue weighted by Gasteiger charge is -2.02. The number of carbonyl (C=O) groups is 1. The molecule has 0 spiro atoms. The van der Waals surface area contributed by atoms with Gasteiger partial charge in [0.1, 0.15) is 0 Å². The molecule has 2 aromatic heterocycles. The number of nitrogens with one attached hydrogen (secondary N) is 1. The van der Waals surface area contributed by atoms with E-state index in [1.54, 1.807) is 29.2 Å². The Morgan fingerprint density at radius 2 is 2.53 bits per heavy atom. The Balaban J connectivity index is 1.77. The van der Waals surface area contributed by atoms with Gasteiger partial charge in [0.2, 0.25) is 0 Å². The first-order valence-corrected chi connectivity index (χ1v) is 4.52. The Bertz CT molecular complexity index is 407. The van der Waals surface area contributed by atoms with E-state index >= 15 is 0 Å². The lowest BCUT2D eigenvalue weighted by molar-refractivity contribution is 0.0924. The van der Waals surface area contributed by atoms with Crippen LogP contribution in [0.4, 0.5) is 0 Å². The molecule has 1 amide bonds. The van der Waals surface area contributed by atoms with Gasteiger partial charge in [-0.15, -0.1) is 5.10 Å². The fourth-order valence-corrected chi connectivity index (χ4v) is 1.13. The number of carbonyl (C=O) groups excluding carboxylic acids is 1. The van der Waals surface area contributed by atoms with Crippen LogP contribution in [0.5, 0.6) is 0 Å². The normalized spacial score (nSPS) is 10.1. The molecule has 2 rings (SSSR count). The highest BCUT2D eigenvalue weighted by molar-refractivity contribution is 5.91. The number of hydrogen-bond donors (Lipinski definition) is 1. The number of furan rings is 1. The maximum absolute atomic E-state index is 11.4. The molecule has 2 aromatic rings. The summed E-state index contributed by atoms with van der Waals surface area (Å²) in [4.78, 5) is 11.4. The van der Waals surface area contributed by atoms with Crippen LogP contribution in [0.2, 0.25) is 0 Å². The third-order valence-electron chi connectivity index (χ3n) is 1.84. The predicted octanol–water partition coefficient (Wildman–Crippen LogP) is 0.301. The van der Waals surface area contributed by atoms with Gasteiger partial charge >= 0.3 is 0 Å². The van der Waals surface area contributed by atoms with Crippen molar-refractivity contribution in [1.82, 2.24) is 20.3 Å². The van der Waals surface area contributed by atoms with Crippen molar-refractivity contribution >= 4 is 5.91 Å². The third-order valence-corrected chi connectivity index (χ3v) is 1.84. The molecule has 6 heteroatoms. The molecule has 0 atom stereocenters. The summed E-state index contributed by atoms with van der Waals surface area (Å²) >= 11 is 0. The highest BCUT2D eigenvalue weighted by Gasteiger charge is 2.06. The summed E-state index contributed by atoms with van der Waals surface area (Å²) in [5, 5.41) is 10.1. The molecule has 78 valence electrons. The van der Waals surface area contributed by atoms with Crippen molar-refractivity contribution in [2.45, 2.75) is 6.54 Å². The summed E-state index contributed by atoms with van der Waals surface area (Å²) in [6, 6.07) is 3.29. The second kappa shape index (κ2) is 4.41. The Hall–Kier alpha value is -2.11. The fourth-order valence-electron chi connectivity index (χ4n) is 1.13. The fraction of sp³-hybridized carbons (Fsp3) is 0.222. The van der Waals surface area contributed by atoms with Gasteiger partial charge in [-0.1, -0.05) is 5.21 Å². The van der Waals surface area contributed by atoms with Crippen molar-refractivity contribution in [3.63, 3.8) is 0 Å². The number of nitrogens with zero attached hydrogens (tertiary/aromatic N) is 3. The zero-order valence-electron chi connectivity index (χ0n) is 7.96. The number of rotatable bonds is 4. The first kappa shape index (κ1) is 9.45. The van der Waals surface area contributed by atoms with Crippen LogP contribution in [0.1, 0.15) is 10.6 Å². The van der Waals surface area contributed by atoms with Crippen LogP contribution in [0, 0.1) is 0 Å². The van der Waals surface area contributed by atoms with Crippen LogP contribution in [0.25, 0.3) is 0 Å². The lowest BCUT2D eigenvalue weighted by Crippen LogP contribution is -2.27. The Kier molecular flexibility index (Phi) is 2.77. The molecule has 0 aliphatic carbocycles. The molecule has 2 heterocycles. The largest absolute Gasteiger partial charge is 0.459 e. The topological polar surface area (TPSA) is 73.0 Å². The van der Waals surface area contributed by atoms with Gasteiger partial charge in [0, 0.05) is 12.7 Å². The van der Waals surface area contributed by atoms with E-state index in [2.05, 4.69) is 15.6 Å². The lowest BCUT2D eigenvalue weighted by atomic mass is 10.4. The van der Waals surface area contributed by atoms with Crippen LogP contribution in [0.3, 0.4) is 0 Å². The molecule has 6 nitrogen and oxygen atoms in total. The number of amides is 1. The predicted molar refractivity (Wildman–Crippen MR) is 51.1 cm³/mol. The van der Waals surface area contributed by atoms with Crippen LogP contribution in [-0.4, -0.2) is 27.4 Å². The monoisotopic (exact) mass is 206 g/mol. The zero-order valence-corrected chi connectivity index (χ0v) is 7.96. The van der Waals surface area contributed by atoms with Crippen molar-refractivity contribution in [2.24, 2.45) is 0 Å². The summed E-state index contributed by atoms with van der Waals surface area (Å²) < 4.78 is 6.58. The standard InChI is InChI=1S/C9H10N4O2/c14-9(8-2-1-7-15-8)10-3-5-13-6-4-11-12-13/h1-2,4,6-7H,3,5H2,(H,10,14). The smallest absolute Gasteiger partial charge is 0.287 e. The van der Waals surface area contributed by atoms with E-state index in [1.807, 2.05) is 0 Å². The second-order valence-electron chi connectivity index (χ2n) is 2.90. The van der Waals surface area contributed by atoms with Crippen molar-refractivity contribution in [2.75, 3.05) is 6.54 Å². The quantitative estimate of drug-likeness (QED) is 0.780. The first-order chi connectivity index (χ1) is 7.36. The highest BCUT2D eigenvalue weighted by Crippen LogP contribution is 1.98. The molecule has 0 bridgehead atoms. The van der Waals surface area contributed by atoms with Crippen LogP contribution in [0.15, 0.2) is 35.2 Å². The van der Waals surface area contributed by atoms with E-state index in [4.69, 9.17) is 4.42 Å². The Morgan fingerprint density at radius 1 is 1.60 bits per heavy atom. The summed E-state index contributed by atoms with van der Waals surface area (Å²) in [6.45, 7) is 1.08. The number of hydrogen-bond acceptors (Lipinski definition) is 4. The molecule has 0 saturated heterocycles. The van der Waals surface area contributed by atoms with Gasteiger partial charge in [0.15, 0.2) is 5.76 Å². The van der Waals surface area contributed by atoms with Gasteiger partial charge in [-0.2, -0.15) is 0 Å². The van der Waals surface area contributed by atoms with Crippen LogP contribution < -0.4 is 5.32 Å². The van der Waals surface area contributed by atoms with Gasteiger partial charge in [-0.3, -0.25) is 9.48 Å². The van der Waals surface area contributed by atoms with Gasteiger partial charge in [0.25, 0.3) is 5.91 Å². The average Bonchev–Trinajstić information content (AvgIpc) is 2.90. The van der Waals surface area contributed by atoms with Crippen LogP contribution >= 0.6 is 0 Å². The molecular formula is C9H10N4O2. The maximum Gasteiger partial charge on any atom is 0.287 e. The van der Waals surface area contributed by atoms with E-state index in [9.17, 15) is 4.79 Å². The molecule has 15 heavy (non-hydrogen) atoms. The van der Waals surface area contributed by atoms with Gasteiger partial charge in [-0.25, -0.2) is 0 Å². The van der Waals surface area contributed by atoms with Crippen molar-refractivity contribution < 1.29 is 9.21 Å². The maximum atomic E-state index is 11.4. The Morgan fingerprint density at radius 3 is 3.20 bits per heavy atom. The SMILES string of the molecule is O=C(NCCn1ccnn1)c1ccco1. The van der Waals surface area contributed by atoms with E-state index < -0.39 is 0 Å². The Labute approximate surface area is 85.9 Å². The zero-order chi connectivity index (χ0) is 10.5. The van der Waals surface area contributed by atoms with Gasteiger partial charge in [0.05, 0.1) is 19.0 Å². The van der Waals surface area contributed by atoms with E-state index in [0.717, 1.165) is 0 Å². The summed E-state index contributed by atoms with van der Waals surface area (Å²) in [7, 11) is 0. The van der Waals surface area contributed by atoms with E-state index in [-0.39, 0.29) is 5.91 Å². The first-order valence-electron chi connectivity index (χ1n) is 4.52. The minimum atomic E-state index is -0.222. The highest BCUT2D eigenvalue weighted by atomic mass is 16.3. The minimum Gasteiger partial charge on any atom is -0.459 e. The van der Waals surface area contributed by atoms with Crippen molar-refractivity contribution in [3.8, 4) is 0 Å². The minimum absolute atomic E-state index is 0.222. The van der Waals surface area contributed by atoms with Crippen molar-refractivity contribution in [1.29, 1.82) is 0 Å². The average molecular weight is 206 g/mol. The third kappa shape index (κ3) is 2.43. The molecular weight excluding hydrogens is 196 g/mol. The summed E-state index contributed by atoms with van der Waals surface area (Å²) in [5.74, 6) is 0.0914. The van der Waals surface area contributed by atoms with Crippen molar-refractivity contribution in [3.05, 3.63) is 36.5 Å². The van der Waals surface area contributed by atoms with Gasteiger partial charge in [-0.05, 0) is 12.1 Å². The molecule has 1 N–H and O–H groups in total.